The largest absolute Gasteiger partial charge is 0.382 e. The van der Waals surface area contributed by atoms with Crippen molar-refractivity contribution in [3.8, 4) is 0 Å². The summed E-state index contributed by atoms with van der Waals surface area (Å²) in [5.41, 5.74) is 0. The molecule has 0 aromatic rings. The summed E-state index contributed by atoms with van der Waals surface area (Å²) in [7, 11) is 0. The fraction of sp³-hybridized carbons (Fsp3) is 1.00. The highest BCUT2D eigenvalue weighted by molar-refractivity contribution is 4.58. The van der Waals surface area contributed by atoms with Gasteiger partial charge in [0.25, 0.3) is 0 Å². The maximum absolute atomic E-state index is 5.66. The topological polar surface area (TPSA) is 18.5 Å². The van der Waals surface area contributed by atoms with E-state index in [1.54, 1.807) is 0 Å². The molecule has 0 saturated carbocycles. The Kier molecular flexibility index (Phi) is 10.9. The monoisotopic (exact) mass is 202 g/mol. The molecule has 2 heteroatoms. The van der Waals surface area contributed by atoms with Crippen molar-refractivity contribution in [1.29, 1.82) is 0 Å². The molecule has 2 nitrogen and oxygen atoms in total. The lowest BCUT2D eigenvalue weighted by Crippen LogP contribution is -2.15. The molecule has 0 radical (unpaired) electrons. The third-order valence-corrected chi connectivity index (χ3v) is 2.32. The van der Waals surface area contributed by atoms with Crippen LogP contribution in [-0.2, 0) is 9.47 Å². The molecule has 14 heavy (non-hydrogen) atoms. The molecule has 0 aromatic carbocycles. The van der Waals surface area contributed by atoms with Crippen molar-refractivity contribution in [2.75, 3.05) is 19.8 Å². The van der Waals surface area contributed by atoms with Gasteiger partial charge in [-0.25, -0.2) is 0 Å². The predicted octanol–water partition coefficient (Wildman–Crippen LogP) is 3.40. The highest BCUT2D eigenvalue weighted by Gasteiger charge is 2.07. The van der Waals surface area contributed by atoms with Crippen LogP contribution in [0.5, 0.6) is 0 Å². The predicted molar refractivity (Wildman–Crippen MR) is 60.7 cm³/mol. The zero-order valence-corrected chi connectivity index (χ0v) is 10.1. The van der Waals surface area contributed by atoms with Crippen molar-refractivity contribution < 1.29 is 9.47 Å². The van der Waals surface area contributed by atoms with Crippen LogP contribution in [0.25, 0.3) is 0 Å². The average molecular weight is 202 g/mol. The van der Waals surface area contributed by atoms with Gasteiger partial charge in [-0.15, -0.1) is 0 Å². The molecule has 0 aliphatic rings. The number of unbranched alkanes of at least 4 members (excludes halogenated alkanes) is 2. The number of hydrogen-bond acceptors (Lipinski definition) is 2. The first kappa shape index (κ1) is 13.9. The molecule has 0 aliphatic carbocycles. The molecule has 0 spiro atoms. The lowest BCUT2D eigenvalue weighted by atomic mass is 10.1. The highest BCUT2D eigenvalue weighted by atomic mass is 16.5. The van der Waals surface area contributed by atoms with E-state index in [9.17, 15) is 0 Å². The Morgan fingerprint density at radius 3 is 2.29 bits per heavy atom. The van der Waals surface area contributed by atoms with Crippen LogP contribution in [0.4, 0.5) is 0 Å². The van der Waals surface area contributed by atoms with Gasteiger partial charge < -0.3 is 9.47 Å². The van der Waals surface area contributed by atoms with Crippen LogP contribution in [0.3, 0.4) is 0 Å². The molecule has 0 amide bonds. The van der Waals surface area contributed by atoms with Crippen molar-refractivity contribution >= 4 is 0 Å². The molecule has 0 aliphatic heterocycles. The van der Waals surface area contributed by atoms with Gasteiger partial charge in [-0.1, -0.05) is 26.2 Å². The van der Waals surface area contributed by atoms with Gasteiger partial charge in [0.05, 0.1) is 6.10 Å². The molecule has 0 heterocycles. The Morgan fingerprint density at radius 2 is 1.71 bits per heavy atom. The molecule has 0 rings (SSSR count). The molecule has 0 fully saturated rings. The second-order valence-corrected chi connectivity index (χ2v) is 3.56. The van der Waals surface area contributed by atoms with Gasteiger partial charge in [0.2, 0.25) is 0 Å². The Hall–Kier alpha value is -0.0800. The summed E-state index contributed by atoms with van der Waals surface area (Å²) >= 11 is 0. The minimum Gasteiger partial charge on any atom is -0.382 e. The van der Waals surface area contributed by atoms with Gasteiger partial charge in [0.1, 0.15) is 0 Å². The smallest absolute Gasteiger partial charge is 0.0596 e. The molecule has 0 N–H and O–H groups in total. The molecule has 86 valence electrons. The Labute approximate surface area is 89.0 Å². The van der Waals surface area contributed by atoms with E-state index in [-0.39, 0.29) is 0 Å². The van der Waals surface area contributed by atoms with Crippen LogP contribution < -0.4 is 0 Å². The van der Waals surface area contributed by atoms with Gasteiger partial charge in [0, 0.05) is 19.8 Å². The average Bonchev–Trinajstić information content (AvgIpc) is 2.18. The summed E-state index contributed by atoms with van der Waals surface area (Å²) in [5, 5.41) is 0. The molecular formula is C12H26O2. The normalized spacial score (nSPS) is 13.1. The quantitative estimate of drug-likeness (QED) is 0.505. The molecule has 1 atom stereocenters. The van der Waals surface area contributed by atoms with Crippen LogP contribution >= 0.6 is 0 Å². The van der Waals surface area contributed by atoms with Crippen molar-refractivity contribution in [1.82, 2.24) is 0 Å². The van der Waals surface area contributed by atoms with E-state index in [0.29, 0.717) is 6.10 Å². The van der Waals surface area contributed by atoms with Crippen LogP contribution in [0.15, 0.2) is 0 Å². The van der Waals surface area contributed by atoms with Crippen molar-refractivity contribution in [3.63, 3.8) is 0 Å². The third kappa shape index (κ3) is 8.52. The van der Waals surface area contributed by atoms with Gasteiger partial charge in [-0.3, -0.25) is 0 Å². The molecule has 0 aromatic heterocycles. The molecule has 1 unspecified atom stereocenters. The maximum atomic E-state index is 5.66. The van der Waals surface area contributed by atoms with Crippen LogP contribution in [0, 0.1) is 0 Å². The Bertz CT molecular complexity index is 94.5. The number of ether oxygens (including phenoxy) is 2. The lowest BCUT2D eigenvalue weighted by Gasteiger charge is -2.16. The summed E-state index contributed by atoms with van der Waals surface area (Å²) in [6.45, 7) is 8.81. The maximum Gasteiger partial charge on any atom is 0.0596 e. The summed E-state index contributed by atoms with van der Waals surface area (Å²) in [5.74, 6) is 0. The lowest BCUT2D eigenvalue weighted by molar-refractivity contribution is 0.0238. The zero-order valence-electron chi connectivity index (χ0n) is 10.1. The van der Waals surface area contributed by atoms with Gasteiger partial charge in [-0.05, 0) is 26.7 Å². The summed E-state index contributed by atoms with van der Waals surface area (Å²) in [6, 6.07) is 0. The van der Waals surface area contributed by atoms with Crippen molar-refractivity contribution in [2.24, 2.45) is 0 Å². The number of hydrogen-bond donors (Lipinski definition) is 0. The Balaban J connectivity index is 3.44. The minimum atomic E-state index is 0.415. The second kappa shape index (κ2) is 11.0. The van der Waals surface area contributed by atoms with E-state index < -0.39 is 0 Å². The van der Waals surface area contributed by atoms with E-state index >= 15 is 0 Å². The first-order valence-electron chi connectivity index (χ1n) is 6.04. The van der Waals surface area contributed by atoms with E-state index in [4.69, 9.17) is 9.47 Å². The van der Waals surface area contributed by atoms with Crippen LogP contribution in [0.1, 0.15) is 52.9 Å². The van der Waals surface area contributed by atoms with Gasteiger partial charge in [0.15, 0.2) is 0 Å². The first-order chi connectivity index (χ1) is 6.85. The van der Waals surface area contributed by atoms with E-state index in [2.05, 4.69) is 13.8 Å². The van der Waals surface area contributed by atoms with Crippen LogP contribution in [-0.4, -0.2) is 25.9 Å². The number of rotatable bonds is 10. The van der Waals surface area contributed by atoms with E-state index in [1.165, 1.54) is 25.7 Å². The molecule has 0 bridgehead atoms. The summed E-state index contributed by atoms with van der Waals surface area (Å²) < 4.78 is 11.0. The fourth-order valence-electron chi connectivity index (χ4n) is 1.53. The first-order valence-corrected chi connectivity index (χ1v) is 6.04. The SMILES string of the molecule is CCCCCC(CCOCC)OCC. The highest BCUT2D eigenvalue weighted by Crippen LogP contribution is 2.10. The fourth-order valence-corrected chi connectivity index (χ4v) is 1.53. The minimum absolute atomic E-state index is 0.415. The second-order valence-electron chi connectivity index (χ2n) is 3.56. The third-order valence-electron chi connectivity index (χ3n) is 2.32. The van der Waals surface area contributed by atoms with E-state index in [1.807, 2.05) is 6.92 Å². The van der Waals surface area contributed by atoms with E-state index in [0.717, 1.165) is 26.2 Å². The van der Waals surface area contributed by atoms with Crippen molar-refractivity contribution in [3.05, 3.63) is 0 Å². The molecular weight excluding hydrogens is 176 g/mol. The standard InChI is InChI=1S/C12H26O2/c1-4-7-8-9-12(14-6-3)10-11-13-5-2/h12H,4-11H2,1-3H3. The Morgan fingerprint density at radius 1 is 0.929 bits per heavy atom. The summed E-state index contributed by atoms with van der Waals surface area (Å²) in [4.78, 5) is 0. The van der Waals surface area contributed by atoms with Gasteiger partial charge >= 0.3 is 0 Å². The summed E-state index contributed by atoms with van der Waals surface area (Å²) in [6.07, 6.45) is 6.54. The van der Waals surface area contributed by atoms with Crippen LogP contribution in [0.2, 0.25) is 0 Å². The van der Waals surface area contributed by atoms with Crippen molar-refractivity contribution in [2.45, 2.75) is 59.0 Å². The molecule has 0 saturated heterocycles. The zero-order chi connectivity index (χ0) is 10.6. The van der Waals surface area contributed by atoms with Gasteiger partial charge in [-0.2, -0.15) is 0 Å².